The van der Waals surface area contributed by atoms with Gasteiger partial charge in [-0.25, -0.2) is 9.37 Å². The van der Waals surface area contributed by atoms with Crippen molar-refractivity contribution in [2.45, 2.75) is 44.5 Å². The Morgan fingerprint density at radius 1 is 1.16 bits per heavy atom. The first-order valence-corrected chi connectivity index (χ1v) is 10.5. The number of aromatic nitrogens is 4. The molecule has 2 saturated heterocycles. The Hall–Kier alpha value is -3.00. The fourth-order valence-electron chi connectivity index (χ4n) is 4.96. The van der Waals surface area contributed by atoms with Crippen LogP contribution in [0.2, 0.25) is 0 Å². The van der Waals surface area contributed by atoms with Crippen molar-refractivity contribution in [2.75, 3.05) is 13.6 Å². The molecule has 4 atom stereocenters. The fraction of sp³-hybridized carbons (Fsp3) is 0.435. The highest BCUT2D eigenvalue weighted by Gasteiger charge is 2.61. The van der Waals surface area contributed by atoms with Crippen molar-refractivity contribution >= 4 is 0 Å². The third-order valence-corrected chi connectivity index (χ3v) is 7.17. The van der Waals surface area contributed by atoms with Gasteiger partial charge in [-0.05, 0) is 45.0 Å². The molecule has 3 aliphatic rings. The quantitative estimate of drug-likeness (QED) is 0.691. The van der Waals surface area contributed by atoms with Crippen molar-refractivity contribution in [3.05, 3.63) is 49.1 Å². The monoisotopic (exact) mass is 423 g/mol. The van der Waals surface area contributed by atoms with Gasteiger partial charge in [-0.15, -0.1) is 10.2 Å². The van der Waals surface area contributed by atoms with Gasteiger partial charge in [0.25, 0.3) is 0 Å². The summed E-state index contributed by atoms with van der Waals surface area (Å²) in [6.45, 7) is 4.84. The first-order valence-electron chi connectivity index (χ1n) is 10.5. The number of halogens is 1. The average Bonchev–Trinajstić information content (AvgIpc) is 3.29. The molecule has 3 fully saturated rings. The first kappa shape index (κ1) is 19.9. The highest BCUT2D eigenvalue weighted by Crippen LogP contribution is 2.51. The molecule has 7 nitrogen and oxygen atoms in total. The number of imidazole rings is 1. The molecule has 2 aliphatic heterocycles. The van der Waals surface area contributed by atoms with Crippen molar-refractivity contribution < 1.29 is 14.2 Å². The second-order valence-corrected chi connectivity index (χ2v) is 9.24. The minimum atomic E-state index is -1.11. The van der Waals surface area contributed by atoms with Crippen LogP contribution in [0.5, 0.6) is 11.6 Å². The molecular weight excluding hydrogens is 397 g/mol. The third-order valence-electron chi connectivity index (χ3n) is 7.17. The topological polar surface area (TPSA) is 76.3 Å². The zero-order valence-electron chi connectivity index (χ0n) is 17.9. The van der Waals surface area contributed by atoms with E-state index in [0.717, 1.165) is 25.1 Å². The SMILES string of the molecule is CN1CC2(C)CC[C@@]1(C)C(F)C2Oc1ccc(-c2ccc(-n3ccnc3)cc2O)nn1. The van der Waals surface area contributed by atoms with Crippen LogP contribution in [0.4, 0.5) is 4.39 Å². The predicted molar refractivity (Wildman–Crippen MR) is 114 cm³/mol. The number of nitrogens with zero attached hydrogens (tertiary/aromatic N) is 5. The van der Waals surface area contributed by atoms with Crippen LogP contribution >= 0.6 is 0 Å². The lowest BCUT2D eigenvalue weighted by atomic mass is 9.60. The Bertz CT molecular complexity index is 1090. The minimum absolute atomic E-state index is 0.0889. The average molecular weight is 423 g/mol. The van der Waals surface area contributed by atoms with Gasteiger partial charge in [-0.1, -0.05) is 6.92 Å². The number of benzene rings is 1. The molecule has 6 rings (SSSR count). The van der Waals surface area contributed by atoms with E-state index < -0.39 is 17.8 Å². The number of piperidine rings is 2. The van der Waals surface area contributed by atoms with Crippen LogP contribution in [-0.4, -0.2) is 61.2 Å². The number of ether oxygens (including phenoxy) is 1. The second-order valence-electron chi connectivity index (χ2n) is 9.24. The van der Waals surface area contributed by atoms with Gasteiger partial charge in [0.1, 0.15) is 11.9 Å². The van der Waals surface area contributed by atoms with Crippen LogP contribution in [0.1, 0.15) is 26.7 Å². The third kappa shape index (κ3) is 3.17. The van der Waals surface area contributed by atoms with Crippen molar-refractivity contribution in [3.63, 3.8) is 0 Å². The van der Waals surface area contributed by atoms with Crippen LogP contribution in [0.25, 0.3) is 16.9 Å². The summed E-state index contributed by atoms with van der Waals surface area (Å²) in [6, 6.07) is 8.72. The largest absolute Gasteiger partial charge is 0.507 e. The van der Waals surface area contributed by atoms with Gasteiger partial charge >= 0.3 is 0 Å². The molecule has 3 aromatic rings. The molecule has 1 saturated carbocycles. The summed E-state index contributed by atoms with van der Waals surface area (Å²) in [5.41, 5.74) is 1.08. The molecule has 162 valence electrons. The Labute approximate surface area is 180 Å². The summed E-state index contributed by atoms with van der Waals surface area (Å²) in [6.07, 6.45) is 5.21. The molecule has 1 aromatic carbocycles. The van der Waals surface area contributed by atoms with Gasteiger partial charge < -0.3 is 14.4 Å². The predicted octanol–water partition coefficient (Wildman–Crippen LogP) is 3.62. The number of rotatable bonds is 4. The van der Waals surface area contributed by atoms with Crippen LogP contribution in [-0.2, 0) is 0 Å². The molecule has 2 aromatic heterocycles. The fourth-order valence-corrected chi connectivity index (χ4v) is 4.96. The lowest BCUT2D eigenvalue weighted by molar-refractivity contribution is -0.177. The Morgan fingerprint density at radius 2 is 2.00 bits per heavy atom. The van der Waals surface area contributed by atoms with Crippen LogP contribution in [0.3, 0.4) is 0 Å². The second kappa shape index (κ2) is 7.02. The van der Waals surface area contributed by atoms with E-state index in [2.05, 4.69) is 27.0 Å². The molecule has 2 bridgehead atoms. The lowest BCUT2D eigenvalue weighted by Crippen LogP contribution is -2.72. The molecule has 0 radical (unpaired) electrons. The van der Waals surface area contributed by atoms with Crippen molar-refractivity contribution in [3.8, 4) is 28.6 Å². The van der Waals surface area contributed by atoms with Crippen LogP contribution in [0, 0.1) is 5.41 Å². The van der Waals surface area contributed by atoms with Gasteiger partial charge in [-0.2, -0.15) is 0 Å². The van der Waals surface area contributed by atoms with Crippen LogP contribution < -0.4 is 4.74 Å². The van der Waals surface area contributed by atoms with Gasteiger partial charge in [0, 0.05) is 42.0 Å². The summed E-state index contributed by atoms with van der Waals surface area (Å²) in [4.78, 5) is 6.13. The van der Waals surface area contributed by atoms with Gasteiger partial charge in [-0.3, -0.25) is 4.90 Å². The summed E-state index contributed by atoms with van der Waals surface area (Å²) in [7, 11) is 1.99. The zero-order valence-corrected chi connectivity index (χ0v) is 17.9. The van der Waals surface area contributed by atoms with E-state index in [4.69, 9.17) is 4.74 Å². The summed E-state index contributed by atoms with van der Waals surface area (Å²) >= 11 is 0. The number of phenolic OH excluding ortho intramolecular Hbond substituents is 1. The van der Waals surface area contributed by atoms with E-state index >= 15 is 4.39 Å². The normalized spacial score (nSPS) is 30.5. The molecule has 8 heteroatoms. The number of alkyl halides is 1. The lowest BCUT2D eigenvalue weighted by Gasteiger charge is -2.61. The maximum Gasteiger partial charge on any atom is 0.233 e. The molecule has 1 N–H and O–H groups in total. The summed E-state index contributed by atoms with van der Waals surface area (Å²) < 4.78 is 23.3. The Balaban J connectivity index is 1.36. The molecule has 3 unspecified atom stereocenters. The Morgan fingerprint density at radius 3 is 2.65 bits per heavy atom. The number of aromatic hydroxyl groups is 1. The number of phenols is 1. The van der Waals surface area contributed by atoms with Gasteiger partial charge in [0.05, 0.1) is 23.2 Å². The van der Waals surface area contributed by atoms with Crippen molar-refractivity contribution in [2.24, 2.45) is 5.41 Å². The summed E-state index contributed by atoms with van der Waals surface area (Å²) in [5.74, 6) is 0.386. The molecule has 4 heterocycles. The number of hydrogen-bond donors (Lipinski definition) is 1. The smallest absolute Gasteiger partial charge is 0.233 e. The maximum absolute atomic E-state index is 15.4. The number of fused-ring (bicyclic) bond motifs is 3. The highest BCUT2D eigenvalue weighted by molar-refractivity contribution is 5.68. The van der Waals surface area contributed by atoms with E-state index in [1.165, 1.54) is 0 Å². The van der Waals surface area contributed by atoms with E-state index in [-0.39, 0.29) is 11.2 Å². The van der Waals surface area contributed by atoms with Crippen molar-refractivity contribution in [1.29, 1.82) is 0 Å². The molecule has 0 spiro atoms. The first-order chi connectivity index (χ1) is 14.8. The Kier molecular flexibility index (Phi) is 4.51. The highest BCUT2D eigenvalue weighted by atomic mass is 19.1. The molecule has 1 aliphatic carbocycles. The number of hydrogen-bond acceptors (Lipinski definition) is 6. The zero-order chi connectivity index (χ0) is 21.8. The van der Waals surface area contributed by atoms with Gasteiger partial charge in [0.2, 0.25) is 5.88 Å². The van der Waals surface area contributed by atoms with E-state index in [0.29, 0.717) is 17.1 Å². The maximum atomic E-state index is 15.4. The van der Waals surface area contributed by atoms with Gasteiger partial charge in [0.15, 0.2) is 6.17 Å². The minimum Gasteiger partial charge on any atom is -0.507 e. The molecule has 0 amide bonds. The molecule has 31 heavy (non-hydrogen) atoms. The van der Waals surface area contributed by atoms with E-state index in [1.807, 2.05) is 20.0 Å². The van der Waals surface area contributed by atoms with E-state index in [9.17, 15) is 5.11 Å². The standard InChI is InChI=1S/C23H26FN5O2/c1-22-8-9-23(2,28(3)13-22)20(24)21(22)31-19-7-6-17(26-27-19)16-5-4-15(12-18(16)30)29-11-10-25-14-29/h4-7,10-12,14,20-21,30H,8-9,13H2,1-3H3/t20?,21?,22?,23-/m0/s1. The van der Waals surface area contributed by atoms with Crippen LogP contribution in [0.15, 0.2) is 49.1 Å². The van der Waals surface area contributed by atoms with E-state index in [1.54, 1.807) is 47.6 Å². The van der Waals surface area contributed by atoms with Crippen molar-refractivity contribution in [1.82, 2.24) is 24.6 Å². The molecular formula is C23H26FN5O2. The summed E-state index contributed by atoms with van der Waals surface area (Å²) in [5, 5.41) is 18.9.